The van der Waals surface area contributed by atoms with E-state index in [1.807, 2.05) is 25.1 Å². The molecule has 7 heteroatoms. The van der Waals surface area contributed by atoms with E-state index < -0.39 is 4.92 Å². The highest BCUT2D eigenvalue weighted by Gasteiger charge is 2.19. The van der Waals surface area contributed by atoms with Gasteiger partial charge < -0.3 is 10.2 Å². The van der Waals surface area contributed by atoms with Crippen molar-refractivity contribution in [1.29, 1.82) is 0 Å². The Labute approximate surface area is 134 Å². The molecule has 2 aromatic rings. The Hall–Kier alpha value is -2.96. The van der Waals surface area contributed by atoms with Gasteiger partial charge in [-0.25, -0.2) is 4.79 Å². The molecule has 1 atom stereocenters. The third-order valence-corrected chi connectivity index (χ3v) is 3.66. The molecule has 0 spiro atoms. The monoisotopic (exact) mass is 314 g/mol. The van der Waals surface area contributed by atoms with Crippen LogP contribution in [0.2, 0.25) is 0 Å². The number of carbonyl (C=O) groups is 1. The number of benzene rings is 1. The van der Waals surface area contributed by atoms with Crippen molar-refractivity contribution in [2.45, 2.75) is 19.9 Å². The molecular formula is C16H18N4O3. The number of amides is 2. The van der Waals surface area contributed by atoms with Crippen LogP contribution in [0, 0.1) is 17.0 Å². The van der Waals surface area contributed by atoms with Crippen LogP contribution in [-0.4, -0.2) is 27.9 Å². The lowest BCUT2D eigenvalue weighted by atomic mass is 10.2. The first-order chi connectivity index (χ1) is 10.9. The summed E-state index contributed by atoms with van der Waals surface area (Å²) in [5.74, 6) is 0. The number of nitrogens with zero attached hydrogens (tertiary/aromatic N) is 3. The molecule has 1 aromatic heterocycles. The predicted molar refractivity (Wildman–Crippen MR) is 87.3 cm³/mol. The quantitative estimate of drug-likeness (QED) is 0.690. The standard InChI is InChI=1S/C16H18N4O3/c1-11-10-13(7-8-15(11)20(22)23)18-16(21)19(3)12(2)14-6-4-5-9-17-14/h4-10,12H,1-3H3,(H,18,21)/t12-/m0/s1. The van der Waals surface area contributed by atoms with Crippen LogP contribution >= 0.6 is 0 Å². The van der Waals surface area contributed by atoms with Crippen LogP contribution in [0.25, 0.3) is 0 Å². The Kier molecular flexibility index (Phi) is 4.90. The summed E-state index contributed by atoms with van der Waals surface area (Å²) in [4.78, 5) is 28.4. The zero-order chi connectivity index (χ0) is 17.0. The molecule has 1 heterocycles. The summed E-state index contributed by atoms with van der Waals surface area (Å²) >= 11 is 0. The second-order valence-corrected chi connectivity index (χ2v) is 5.23. The Morgan fingerprint density at radius 2 is 2.09 bits per heavy atom. The van der Waals surface area contributed by atoms with Crippen LogP contribution in [0.15, 0.2) is 42.6 Å². The van der Waals surface area contributed by atoms with Gasteiger partial charge in [-0.15, -0.1) is 0 Å². The first-order valence-electron chi connectivity index (χ1n) is 7.10. The summed E-state index contributed by atoms with van der Waals surface area (Å²) in [5.41, 5.74) is 1.81. The van der Waals surface area contributed by atoms with Crippen LogP contribution < -0.4 is 5.32 Å². The SMILES string of the molecule is Cc1cc(NC(=O)N(C)[C@@H](C)c2ccccn2)ccc1[N+](=O)[O-]. The number of nitrogens with one attached hydrogen (secondary N) is 1. The van der Waals surface area contributed by atoms with Crippen molar-refractivity contribution in [3.8, 4) is 0 Å². The predicted octanol–water partition coefficient (Wildman–Crippen LogP) is 3.52. The highest BCUT2D eigenvalue weighted by Crippen LogP contribution is 2.23. The number of hydrogen-bond donors (Lipinski definition) is 1. The Morgan fingerprint density at radius 1 is 1.35 bits per heavy atom. The number of carbonyl (C=O) groups excluding carboxylic acids is 1. The zero-order valence-corrected chi connectivity index (χ0v) is 13.2. The maximum absolute atomic E-state index is 12.3. The smallest absolute Gasteiger partial charge is 0.319 e. The third kappa shape index (κ3) is 3.82. The first kappa shape index (κ1) is 16.4. The van der Waals surface area contributed by atoms with Gasteiger partial charge in [0, 0.05) is 30.6 Å². The lowest BCUT2D eigenvalue weighted by Gasteiger charge is -2.24. The van der Waals surface area contributed by atoms with Gasteiger partial charge in [-0.2, -0.15) is 0 Å². The second kappa shape index (κ2) is 6.87. The van der Waals surface area contributed by atoms with Gasteiger partial charge in [-0.05, 0) is 38.1 Å². The van der Waals surface area contributed by atoms with Gasteiger partial charge in [0.25, 0.3) is 5.69 Å². The Bertz CT molecular complexity index is 719. The second-order valence-electron chi connectivity index (χ2n) is 5.23. The van der Waals surface area contributed by atoms with Gasteiger partial charge in [0.15, 0.2) is 0 Å². The van der Waals surface area contributed by atoms with Gasteiger partial charge >= 0.3 is 6.03 Å². The highest BCUT2D eigenvalue weighted by molar-refractivity contribution is 5.89. The fourth-order valence-electron chi connectivity index (χ4n) is 2.15. The molecule has 2 rings (SSSR count). The molecule has 0 aliphatic carbocycles. The van der Waals surface area contributed by atoms with E-state index in [0.29, 0.717) is 11.3 Å². The normalized spacial score (nSPS) is 11.6. The van der Waals surface area contributed by atoms with Crippen LogP contribution in [0.4, 0.5) is 16.2 Å². The molecule has 0 fully saturated rings. The van der Waals surface area contributed by atoms with Crippen LogP contribution in [0.5, 0.6) is 0 Å². The fourth-order valence-corrected chi connectivity index (χ4v) is 2.15. The number of rotatable bonds is 4. The van der Waals surface area contributed by atoms with Gasteiger partial charge in [0.2, 0.25) is 0 Å². The fraction of sp³-hybridized carbons (Fsp3) is 0.250. The van der Waals surface area contributed by atoms with Crippen molar-refractivity contribution in [3.63, 3.8) is 0 Å². The van der Waals surface area contributed by atoms with Crippen molar-refractivity contribution in [2.24, 2.45) is 0 Å². The summed E-state index contributed by atoms with van der Waals surface area (Å²) in [5, 5.41) is 13.5. The van der Waals surface area contributed by atoms with E-state index in [2.05, 4.69) is 10.3 Å². The third-order valence-electron chi connectivity index (χ3n) is 3.66. The number of nitro benzene ring substituents is 1. The molecule has 0 saturated heterocycles. The van der Waals surface area contributed by atoms with Gasteiger partial charge in [0.1, 0.15) is 0 Å². The zero-order valence-electron chi connectivity index (χ0n) is 13.2. The van der Waals surface area contributed by atoms with Gasteiger partial charge in [-0.1, -0.05) is 6.07 Å². The van der Waals surface area contributed by atoms with Crippen molar-refractivity contribution in [1.82, 2.24) is 9.88 Å². The molecule has 120 valence electrons. The van der Waals surface area contributed by atoms with E-state index in [-0.39, 0.29) is 17.8 Å². The average Bonchev–Trinajstić information content (AvgIpc) is 2.54. The Morgan fingerprint density at radius 3 is 2.65 bits per heavy atom. The van der Waals surface area contributed by atoms with Crippen molar-refractivity contribution in [2.75, 3.05) is 12.4 Å². The number of anilines is 1. The maximum Gasteiger partial charge on any atom is 0.322 e. The number of urea groups is 1. The minimum Gasteiger partial charge on any atom is -0.319 e. The van der Waals surface area contributed by atoms with Crippen LogP contribution in [-0.2, 0) is 0 Å². The van der Waals surface area contributed by atoms with Crippen molar-refractivity contribution < 1.29 is 9.72 Å². The van der Waals surface area contributed by atoms with E-state index in [1.54, 1.807) is 26.2 Å². The molecule has 0 saturated carbocycles. The molecule has 0 bridgehead atoms. The van der Waals surface area contributed by atoms with E-state index in [1.165, 1.54) is 17.0 Å². The minimum atomic E-state index is -0.448. The molecule has 1 aromatic carbocycles. The van der Waals surface area contributed by atoms with Crippen molar-refractivity contribution in [3.05, 3.63) is 64.0 Å². The lowest BCUT2D eigenvalue weighted by molar-refractivity contribution is -0.385. The number of pyridine rings is 1. The molecule has 0 radical (unpaired) electrons. The van der Waals surface area contributed by atoms with Crippen LogP contribution in [0.3, 0.4) is 0 Å². The van der Waals surface area contributed by atoms with Gasteiger partial charge in [-0.3, -0.25) is 15.1 Å². The summed E-state index contributed by atoms with van der Waals surface area (Å²) in [6.07, 6.45) is 1.68. The average molecular weight is 314 g/mol. The molecule has 23 heavy (non-hydrogen) atoms. The molecule has 0 aliphatic rings. The van der Waals surface area contributed by atoms with E-state index in [4.69, 9.17) is 0 Å². The van der Waals surface area contributed by atoms with Crippen LogP contribution in [0.1, 0.15) is 24.2 Å². The summed E-state index contributed by atoms with van der Waals surface area (Å²) in [7, 11) is 1.67. The summed E-state index contributed by atoms with van der Waals surface area (Å²) in [6.45, 7) is 3.51. The first-order valence-corrected chi connectivity index (χ1v) is 7.10. The summed E-state index contributed by atoms with van der Waals surface area (Å²) in [6, 6.07) is 9.50. The molecule has 0 unspecified atom stereocenters. The molecule has 1 N–H and O–H groups in total. The Balaban J connectivity index is 2.09. The lowest BCUT2D eigenvalue weighted by Crippen LogP contribution is -2.34. The number of aryl methyl sites for hydroxylation is 1. The largest absolute Gasteiger partial charge is 0.322 e. The van der Waals surface area contributed by atoms with E-state index >= 15 is 0 Å². The molecule has 2 amide bonds. The number of hydrogen-bond acceptors (Lipinski definition) is 4. The molecule has 7 nitrogen and oxygen atoms in total. The summed E-state index contributed by atoms with van der Waals surface area (Å²) < 4.78 is 0. The van der Waals surface area contributed by atoms with E-state index in [9.17, 15) is 14.9 Å². The maximum atomic E-state index is 12.3. The van der Waals surface area contributed by atoms with Crippen molar-refractivity contribution >= 4 is 17.4 Å². The highest BCUT2D eigenvalue weighted by atomic mass is 16.6. The minimum absolute atomic E-state index is 0.0261. The van der Waals surface area contributed by atoms with E-state index in [0.717, 1.165) is 5.69 Å². The number of nitro groups is 1. The molecule has 0 aliphatic heterocycles. The van der Waals surface area contributed by atoms with Gasteiger partial charge in [0.05, 0.1) is 16.7 Å². The molecular weight excluding hydrogens is 296 g/mol. The topological polar surface area (TPSA) is 88.4 Å². The number of aromatic nitrogens is 1.